The predicted octanol–water partition coefficient (Wildman–Crippen LogP) is 1.88. The second-order valence-electron chi connectivity index (χ2n) is 11.0. The van der Waals surface area contributed by atoms with Crippen LogP contribution in [-0.2, 0) is 26.0 Å². The number of rotatable bonds is 14. The van der Waals surface area contributed by atoms with Gasteiger partial charge in [-0.3, -0.25) is 14.5 Å². The van der Waals surface area contributed by atoms with E-state index in [9.17, 15) is 23.1 Å². The molecule has 0 saturated carbocycles. The highest BCUT2D eigenvalue weighted by Gasteiger charge is 2.47. The van der Waals surface area contributed by atoms with Gasteiger partial charge in [0.25, 0.3) is 0 Å². The van der Waals surface area contributed by atoms with E-state index in [0.717, 1.165) is 49.0 Å². The van der Waals surface area contributed by atoms with Crippen LogP contribution in [0, 0.1) is 5.92 Å². The van der Waals surface area contributed by atoms with Gasteiger partial charge in [-0.15, -0.1) is 0 Å². The molecule has 0 aliphatic carbocycles. The molecule has 39 heavy (non-hydrogen) atoms. The molecule has 3 heterocycles. The quantitative estimate of drug-likeness (QED) is 0.327. The van der Waals surface area contributed by atoms with E-state index < -0.39 is 28.0 Å². The molecule has 0 radical (unpaired) electrons. The number of likely N-dealkylation sites (tertiary alicyclic amines) is 1. The Balaban J connectivity index is 1.58. The smallest absolute Gasteiger partial charge is 0.308 e. The predicted molar refractivity (Wildman–Crippen MR) is 149 cm³/mol. The third-order valence-electron chi connectivity index (χ3n) is 8.41. The molecule has 1 aromatic rings. The van der Waals surface area contributed by atoms with Crippen LogP contribution in [0.5, 0.6) is 5.75 Å². The van der Waals surface area contributed by atoms with Crippen molar-refractivity contribution in [2.45, 2.75) is 63.8 Å². The summed E-state index contributed by atoms with van der Waals surface area (Å²) in [7, 11) is -3.30. The summed E-state index contributed by atoms with van der Waals surface area (Å²) in [4.78, 5) is 30.2. The summed E-state index contributed by atoms with van der Waals surface area (Å²) < 4.78 is 32.1. The van der Waals surface area contributed by atoms with Crippen molar-refractivity contribution in [3.63, 3.8) is 0 Å². The number of aliphatic carboxylic acids is 1. The van der Waals surface area contributed by atoms with Crippen molar-refractivity contribution in [2.24, 2.45) is 11.7 Å². The number of ether oxygens (including phenoxy) is 1. The number of fused-ring (bicyclic) bond motifs is 1. The van der Waals surface area contributed by atoms with Crippen molar-refractivity contribution >= 4 is 21.9 Å². The number of amides is 1. The zero-order valence-electron chi connectivity index (χ0n) is 23.1. The van der Waals surface area contributed by atoms with E-state index in [1.807, 2.05) is 21.9 Å². The molecule has 3 aliphatic heterocycles. The van der Waals surface area contributed by atoms with Gasteiger partial charge >= 0.3 is 5.97 Å². The molecule has 218 valence electrons. The van der Waals surface area contributed by atoms with Crippen LogP contribution < -0.4 is 10.5 Å². The first kappa shape index (κ1) is 29.8. The third-order valence-corrected chi connectivity index (χ3v) is 10.4. The zero-order chi connectivity index (χ0) is 28.0. The van der Waals surface area contributed by atoms with Gasteiger partial charge in [-0.25, -0.2) is 12.7 Å². The number of hydrogen-bond acceptors (Lipinski definition) is 7. The Kier molecular flexibility index (Phi) is 10.3. The fourth-order valence-electron chi connectivity index (χ4n) is 6.28. The molecule has 10 nitrogen and oxygen atoms in total. The van der Waals surface area contributed by atoms with Gasteiger partial charge in [-0.05, 0) is 55.8 Å². The maximum Gasteiger partial charge on any atom is 0.308 e. The molecule has 2 fully saturated rings. The maximum absolute atomic E-state index is 13.6. The molecule has 3 aliphatic rings. The highest BCUT2D eigenvalue weighted by atomic mass is 32.2. The highest BCUT2D eigenvalue weighted by Crippen LogP contribution is 2.41. The van der Waals surface area contributed by atoms with E-state index in [2.05, 4.69) is 13.0 Å². The van der Waals surface area contributed by atoms with E-state index in [1.54, 1.807) is 0 Å². The summed E-state index contributed by atoms with van der Waals surface area (Å²) in [5.74, 6) is -0.988. The van der Waals surface area contributed by atoms with Gasteiger partial charge in [-0.1, -0.05) is 25.5 Å². The molecule has 2 saturated heterocycles. The SMILES string of the molecule is CCCCN(CCCCN)C(=O)CN1C[C@H](c2ccc3c(c2)CCO3)C(C(=O)O)[C@@H]1CCN1CCCS1(=O)=O. The fraction of sp³-hybridized carbons (Fsp3) is 0.714. The van der Waals surface area contributed by atoms with Crippen molar-refractivity contribution in [1.29, 1.82) is 0 Å². The number of nitrogens with zero attached hydrogens (tertiary/aromatic N) is 3. The van der Waals surface area contributed by atoms with Gasteiger partial charge in [0.15, 0.2) is 0 Å². The lowest BCUT2D eigenvalue weighted by Gasteiger charge is -2.30. The Morgan fingerprint density at radius 2 is 2.00 bits per heavy atom. The summed E-state index contributed by atoms with van der Waals surface area (Å²) in [6, 6.07) is 5.46. The summed E-state index contributed by atoms with van der Waals surface area (Å²) >= 11 is 0. The standard InChI is InChI=1S/C28H44N4O6S/c1-2-3-12-30(13-5-4-11-29)26(33)20-31-19-23(21-7-8-25-22(18-21)10-16-38-25)27(28(34)35)24(31)9-15-32-14-6-17-39(32,36)37/h7-8,18,23-24,27H,2-6,9-17,19-20,29H2,1H3,(H,34,35)/t23-,24+,27?/m1/s1. The lowest BCUT2D eigenvalue weighted by molar-refractivity contribution is -0.143. The summed E-state index contributed by atoms with van der Waals surface area (Å²) in [6.07, 6.45) is 5.31. The van der Waals surface area contributed by atoms with Crippen LogP contribution >= 0.6 is 0 Å². The number of unbranched alkanes of at least 4 members (excludes halogenated alkanes) is 2. The lowest BCUT2D eigenvalue weighted by Crippen LogP contribution is -2.45. The van der Waals surface area contributed by atoms with Crippen LogP contribution in [0.15, 0.2) is 18.2 Å². The minimum absolute atomic E-state index is 0.00796. The normalized spacial score (nSPS) is 24.5. The van der Waals surface area contributed by atoms with Crippen molar-refractivity contribution in [2.75, 3.05) is 58.2 Å². The maximum atomic E-state index is 13.6. The van der Waals surface area contributed by atoms with E-state index in [1.165, 1.54) is 4.31 Å². The van der Waals surface area contributed by atoms with Gasteiger partial charge in [0.2, 0.25) is 15.9 Å². The first-order valence-corrected chi connectivity index (χ1v) is 16.0. The summed E-state index contributed by atoms with van der Waals surface area (Å²) in [5.41, 5.74) is 7.69. The first-order valence-electron chi connectivity index (χ1n) is 14.4. The van der Waals surface area contributed by atoms with Crippen molar-refractivity contribution in [3.05, 3.63) is 29.3 Å². The molecule has 0 spiro atoms. The number of carbonyl (C=O) groups is 2. The molecule has 0 aromatic heterocycles. The number of benzene rings is 1. The Hall–Kier alpha value is -2.21. The van der Waals surface area contributed by atoms with Crippen LogP contribution in [-0.4, -0.2) is 104 Å². The second-order valence-corrected chi connectivity index (χ2v) is 13.1. The van der Waals surface area contributed by atoms with Gasteiger partial charge in [0.05, 0.1) is 24.8 Å². The van der Waals surface area contributed by atoms with E-state index in [4.69, 9.17) is 10.5 Å². The lowest BCUT2D eigenvalue weighted by atomic mass is 9.83. The van der Waals surface area contributed by atoms with Gasteiger partial charge in [0.1, 0.15) is 5.75 Å². The largest absolute Gasteiger partial charge is 0.493 e. The van der Waals surface area contributed by atoms with Gasteiger partial charge < -0.3 is 20.5 Å². The number of carbonyl (C=O) groups excluding carboxylic acids is 1. The molecular formula is C28H44N4O6S. The highest BCUT2D eigenvalue weighted by molar-refractivity contribution is 7.89. The Labute approximate surface area is 232 Å². The van der Waals surface area contributed by atoms with E-state index in [-0.39, 0.29) is 30.7 Å². The molecule has 0 bridgehead atoms. The Bertz CT molecular complexity index is 1110. The number of carboxylic acid groups (broad SMARTS) is 1. The first-order chi connectivity index (χ1) is 18.7. The second kappa shape index (κ2) is 13.4. The molecule has 1 aromatic carbocycles. The number of carboxylic acids is 1. The molecule has 3 N–H and O–H groups in total. The average Bonchev–Trinajstić information content (AvgIpc) is 3.60. The molecule has 11 heteroatoms. The monoisotopic (exact) mass is 564 g/mol. The Morgan fingerprint density at radius 3 is 2.69 bits per heavy atom. The van der Waals surface area contributed by atoms with Crippen LogP contribution in [0.25, 0.3) is 0 Å². The van der Waals surface area contributed by atoms with Crippen LogP contribution in [0.1, 0.15) is 62.5 Å². The minimum atomic E-state index is -3.30. The number of sulfonamides is 1. The topological polar surface area (TPSA) is 133 Å². The van der Waals surface area contributed by atoms with Crippen LogP contribution in [0.2, 0.25) is 0 Å². The van der Waals surface area contributed by atoms with Gasteiger partial charge in [-0.2, -0.15) is 0 Å². The average molecular weight is 565 g/mol. The van der Waals surface area contributed by atoms with Crippen LogP contribution in [0.4, 0.5) is 0 Å². The zero-order valence-corrected chi connectivity index (χ0v) is 23.9. The van der Waals surface area contributed by atoms with Gasteiger partial charge in [0, 0.05) is 51.1 Å². The third kappa shape index (κ3) is 7.11. The van der Waals surface area contributed by atoms with Crippen molar-refractivity contribution < 1.29 is 27.9 Å². The minimum Gasteiger partial charge on any atom is -0.493 e. The molecule has 1 amide bonds. The van der Waals surface area contributed by atoms with E-state index in [0.29, 0.717) is 52.2 Å². The summed E-state index contributed by atoms with van der Waals surface area (Å²) in [6.45, 7) is 5.89. The molecular weight excluding hydrogens is 520 g/mol. The van der Waals surface area contributed by atoms with E-state index >= 15 is 0 Å². The molecule has 1 unspecified atom stereocenters. The fourth-order valence-corrected chi connectivity index (χ4v) is 7.82. The Morgan fingerprint density at radius 1 is 1.21 bits per heavy atom. The summed E-state index contributed by atoms with van der Waals surface area (Å²) in [5, 5.41) is 10.4. The van der Waals surface area contributed by atoms with Crippen LogP contribution in [0.3, 0.4) is 0 Å². The van der Waals surface area contributed by atoms with Crippen molar-refractivity contribution in [3.8, 4) is 5.75 Å². The molecule has 3 atom stereocenters. The number of nitrogens with two attached hydrogens (primary N) is 1. The van der Waals surface area contributed by atoms with Crippen molar-refractivity contribution in [1.82, 2.24) is 14.1 Å². The molecule has 4 rings (SSSR count). The number of hydrogen-bond donors (Lipinski definition) is 2.